The Morgan fingerprint density at radius 1 is 1.05 bits per heavy atom. The lowest BCUT2D eigenvalue weighted by Crippen LogP contribution is -2.02. The fourth-order valence-corrected chi connectivity index (χ4v) is 2.06. The summed E-state index contributed by atoms with van der Waals surface area (Å²) in [4.78, 5) is 11.4. The number of carbonyl (C=O) groups excluding carboxylic acids is 1. The van der Waals surface area contributed by atoms with E-state index in [1.54, 1.807) is 30.3 Å². The Balaban J connectivity index is 2.52. The number of rotatable bonds is 2. The van der Waals surface area contributed by atoms with Crippen LogP contribution in [0.25, 0.3) is 11.1 Å². The van der Waals surface area contributed by atoms with Crippen LogP contribution in [0.3, 0.4) is 0 Å². The first-order valence-corrected chi connectivity index (χ1v) is 5.98. The first kappa shape index (κ1) is 13.3. The molecule has 2 aromatic rings. The number of aryl methyl sites for hydroxylation is 2. The predicted molar refractivity (Wildman–Crippen MR) is 72.6 cm³/mol. The summed E-state index contributed by atoms with van der Waals surface area (Å²) in [5.41, 5.74) is 3.64. The fraction of sp³-hybridized carbons (Fsp3) is 0.188. The van der Waals surface area contributed by atoms with Gasteiger partial charge in [-0.2, -0.15) is 0 Å². The summed E-state index contributed by atoms with van der Waals surface area (Å²) in [7, 11) is 1.34. The highest BCUT2D eigenvalue weighted by Gasteiger charge is 2.11. The normalized spacial score (nSPS) is 10.3. The third-order valence-electron chi connectivity index (χ3n) is 3.06. The second-order valence-corrected chi connectivity index (χ2v) is 4.50. The molecule has 0 bridgehead atoms. The van der Waals surface area contributed by atoms with Gasteiger partial charge in [-0.1, -0.05) is 17.7 Å². The van der Waals surface area contributed by atoms with E-state index in [1.807, 2.05) is 13.8 Å². The molecule has 0 atom stereocenters. The number of benzene rings is 2. The number of methoxy groups -OCH3 is 1. The minimum Gasteiger partial charge on any atom is -0.465 e. The van der Waals surface area contributed by atoms with Crippen molar-refractivity contribution in [3.63, 3.8) is 0 Å². The molecule has 0 fully saturated rings. The van der Waals surface area contributed by atoms with Crippen molar-refractivity contribution in [2.24, 2.45) is 0 Å². The number of esters is 1. The van der Waals surface area contributed by atoms with Gasteiger partial charge >= 0.3 is 5.97 Å². The van der Waals surface area contributed by atoms with Gasteiger partial charge in [-0.25, -0.2) is 9.18 Å². The van der Waals surface area contributed by atoms with Gasteiger partial charge < -0.3 is 4.74 Å². The number of halogens is 1. The minimum atomic E-state index is -0.389. The molecule has 0 spiro atoms. The Bertz CT molecular complexity index is 633. The predicted octanol–water partition coefficient (Wildman–Crippen LogP) is 3.90. The number of hydrogen-bond donors (Lipinski definition) is 0. The van der Waals surface area contributed by atoms with Crippen LogP contribution in [0, 0.1) is 19.7 Å². The molecular formula is C16H15FO2. The van der Waals surface area contributed by atoms with Crippen LogP contribution in [-0.2, 0) is 4.74 Å². The standard InChI is InChI=1S/C16H15FO2/c1-10-4-7-15(17)14(8-10)13-6-5-12(9-11(13)2)16(18)19-3/h4-9H,1-3H3. The fourth-order valence-electron chi connectivity index (χ4n) is 2.06. The van der Waals surface area contributed by atoms with Crippen molar-refractivity contribution in [3.8, 4) is 11.1 Å². The molecule has 0 aliphatic carbocycles. The van der Waals surface area contributed by atoms with Gasteiger partial charge in [0.05, 0.1) is 12.7 Å². The molecule has 0 saturated carbocycles. The molecule has 2 rings (SSSR count). The molecule has 0 aromatic heterocycles. The maximum Gasteiger partial charge on any atom is 0.337 e. The summed E-state index contributed by atoms with van der Waals surface area (Å²) >= 11 is 0. The Morgan fingerprint density at radius 2 is 1.79 bits per heavy atom. The number of carbonyl (C=O) groups is 1. The van der Waals surface area contributed by atoms with Crippen LogP contribution < -0.4 is 0 Å². The molecule has 0 N–H and O–H groups in total. The highest BCUT2D eigenvalue weighted by Crippen LogP contribution is 2.27. The Hall–Kier alpha value is -2.16. The summed E-state index contributed by atoms with van der Waals surface area (Å²) in [5.74, 6) is -0.654. The van der Waals surface area contributed by atoms with Gasteiger partial charge in [-0.15, -0.1) is 0 Å². The van der Waals surface area contributed by atoms with E-state index in [-0.39, 0.29) is 11.8 Å². The van der Waals surface area contributed by atoms with Crippen LogP contribution in [0.1, 0.15) is 21.5 Å². The highest BCUT2D eigenvalue weighted by atomic mass is 19.1. The van der Waals surface area contributed by atoms with E-state index in [9.17, 15) is 9.18 Å². The molecule has 0 unspecified atom stereocenters. The molecule has 0 amide bonds. The zero-order chi connectivity index (χ0) is 14.0. The summed E-state index contributed by atoms with van der Waals surface area (Å²) in [5, 5.41) is 0. The van der Waals surface area contributed by atoms with Crippen molar-refractivity contribution in [1.82, 2.24) is 0 Å². The van der Waals surface area contributed by atoms with E-state index in [0.29, 0.717) is 11.1 Å². The lowest BCUT2D eigenvalue weighted by Gasteiger charge is -2.10. The molecule has 2 nitrogen and oxygen atoms in total. The molecule has 0 radical (unpaired) electrons. The number of ether oxygens (including phenoxy) is 1. The third-order valence-corrected chi connectivity index (χ3v) is 3.06. The summed E-state index contributed by atoms with van der Waals surface area (Å²) in [6, 6.07) is 10.1. The maximum absolute atomic E-state index is 13.9. The molecule has 0 heterocycles. The van der Waals surface area contributed by atoms with E-state index in [0.717, 1.165) is 16.7 Å². The summed E-state index contributed by atoms with van der Waals surface area (Å²) in [6.45, 7) is 3.77. The lowest BCUT2D eigenvalue weighted by atomic mass is 9.97. The van der Waals surface area contributed by atoms with Crippen LogP contribution >= 0.6 is 0 Å². The molecule has 3 heteroatoms. The van der Waals surface area contributed by atoms with Gasteiger partial charge in [-0.05, 0) is 49.2 Å². The van der Waals surface area contributed by atoms with Gasteiger partial charge in [0.2, 0.25) is 0 Å². The van der Waals surface area contributed by atoms with Gasteiger partial charge in [0.25, 0.3) is 0 Å². The van der Waals surface area contributed by atoms with Gasteiger partial charge in [0.1, 0.15) is 5.82 Å². The van der Waals surface area contributed by atoms with Crippen LogP contribution in [-0.4, -0.2) is 13.1 Å². The van der Waals surface area contributed by atoms with Gasteiger partial charge in [0.15, 0.2) is 0 Å². The zero-order valence-corrected chi connectivity index (χ0v) is 11.2. The Labute approximate surface area is 111 Å². The van der Waals surface area contributed by atoms with E-state index in [4.69, 9.17) is 0 Å². The largest absolute Gasteiger partial charge is 0.465 e. The monoisotopic (exact) mass is 258 g/mol. The topological polar surface area (TPSA) is 26.3 Å². The van der Waals surface area contributed by atoms with Crippen molar-refractivity contribution < 1.29 is 13.9 Å². The van der Waals surface area contributed by atoms with Crippen molar-refractivity contribution in [2.45, 2.75) is 13.8 Å². The highest BCUT2D eigenvalue weighted by molar-refractivity contribution is 5.90. The van der Waals surface area contributed by atoms with Crippen LogP contribution in [0.4, 0.5) is 4.39 Å². The molecule has 19 heavy (non-hydrogen) atoms. The average molecular weight is 258 g/mol. The third kappa shape index (κ3) is 2.65. The minimum absolute atomic E-state index is 0.264. The van der Waals surface area contributed by atoms with Crippen LogP contribution in [0.5, 0.6) is 0 Å². The molecule has 0 aliphatic heterocycles. The Kier molecular flexibility index (Phi) is 3.65. The summed E-state index contributed by atoms with van der Waals surface area (Å²) in [6.07, 6.45) is 0. The molecule has 0 saturated heterocycles. The average Bonchev–Trinajstić information content (AvgIpc) is 2.41. The molecule has 2 aromatic carbocycles. The van der Waals surface area contributed by atoms with Crippen molar-refractivity contribution in [2.75, 3.05) is 7.11 Å². The number of hydrogen-bond acceptors (Lipinski definition) is 2. The first-order chi connectivity index (χ1) is 9.02. The Morgan fingerprint density at radius 3 is 2.42 bits per heavy atom. The first-order valence-electron chi connectivity index (χ1n) is 5.98. The maximum atomic E-state index is 13.9. The summed E-state index contributed by atoms with van der Waals surface area (Å²) < 4.78 is 18.5. The quantitative estimate of drug-likeness (QED) is 0.764. The zero-order valence-electron chi connectivity index (χ0n) is 11.2. The smallest absolute Gasteiger partial charge is 0.337 e. The molecular weight excluding hydrogens is 243 g/mol. The second-order valence-electron chi connectivity index (χ2n) is 4.50. The molecule has 98 valence electrons. The van der Waals surface area contributed by atoms with Crippen LogP contribution in [0.15, 0.2) is 36.4 Å². The van der Waals surface area contributed by atoms with E-state index in [1.165, 1.54) is 13.2 Å². The van der Waals surface area contributed by atoms with E-state index in [2.05, 4.69) is 4.74 Å². The van der Waals surface area contributed by atoms with Gasteiger partial charge in [-0.3, -0.25) is 0 Å². The SMILES string of the molecule is COC(=O)c1ccc(-c2cc(C)ccc2F)c(C)c1. The van der Waals surface area contributed by atoms with Crippen molar-refractivity contribution >= 4 is 5.97 Å². The van der Waals surface area contributed by atoms with E-state index < -0.39 is 0 Å². The molecule has 0 aliphatic rings. The van der Waals surface area contributed by atoms with E-state index >= 15 is 0 Å². The van der Waals surface area contributed by atoms with Gasteiger partial charge in [0, 0.05) is 5.56 Å². The van der Waals surface area contributed by atoms with Crippen molar-refractivity contribution in [1.29, 1.82) is 0 Å². The van der Waals surface area contributed by atoms with Crippen LogP contribution in [0.2, 0.25) is 0 Å². The van der Waals surface area contributed by atoms with Crippen molar-refractivity contribution in [3.05, 3.63) is 58.9 Å². The lowest BCUT2D eigenvalue weighted by molar-refractivity contribution is 0.0600. The second kappa shape index (κ2) is 5.22.